The van der Waals surface area contributed by atoms with Crippen LogP contribution in [0.4, 0.5) is 0 Å². The SMILES string of the molecule is CC1COC(CCl)CN1C(=O)c1ccoc1. The van der Waals surface area contributed by atoms with E-state index < -0.39 is 0 Å². The average Bonchev–Trinajstić information content (AvgIpc) is 2.82. The number of amides is 1. The second-order valence-electron chi connectivity index (χ2n) is 3.93. The summed E-state index contributed by atoms with van der Waals surface area (Å²) in [6, 6.07) is 1.74. The molecule has 16 heavy (non-hydrogen) atoms. The van der Waals surface area contributed by atoms with Crippen molar-refractivity contribution in [3.05, 3.63) is 24.2 Å². The number of ether oxygens (including phenoxy) is 1. The first-order valence-electron chi connectivity index (χ1n) is 5.23. The van der Waals surface area contributed by atoms with Gasteiger partial charge in [-0.1, -0.05) is 0 Å². The Morgan fingerprint density at radius 1 is 1.69 bits per heavy atom. The van der Waals surface area contributed by atoms with Gasteiger partial charge < -0.3 is 14.1 Å². The fourth-order valence-corrected chi connectivity index (χ4v) is 1.93. The summed E-state index contributed by atoms with van der Waals surface area (Å²) in [5.74, 6) is 0.377. The lowest BCUT2D eigenvalue weighted by Crippen LogP contribution is -2.51. The second-order valence-corrected chi connectivity index (χ2v) is 4.24. The zero-order valence-corrected chi connectivity index (χ0v) is 9.81. The van der Waals surface area contributed by atoms with Crippen molar-refractivity contribution in [2.24, 2.45) is 0 Å². The van der Waals surface area contributed by atoms with E-state index >= 15 is 0 Å². The number of nitrogens with zero attached hydrogens (tertiary/aromatic N) is 1. The van der Waals surface area contributed by atoms with Crippen molar-refractivity contribution in [2.45, 2.75) is 19.1 Å². The van der Waals surface area contributed by atoms with Crippen LogP contribution in [0.15, 0.2) is 23.0 Å². The molecule has 2 unspecified atom stereocenters. The molecule has 1 aromatic heterocycles. The van der Waals surface area contributed by atoms with Crippen molar-refractivity contribution in [2.75, 3.05) is 19.0 Å². The lowest BCUT2D eigenvalue weighted by molar-refractivity contribution is -0.0372. The summed E-state index contributed by atoms with van der Waals surface area (Å²) in [5.41, 5.74) is 0.571. The Kier molecular flexibility index (Phi) is 3.51. The van der Waals surface area contributed by atoms with Crippen LogP contribution in [0.1, 0.15) is 17.3 Å². The van der Waals surface area contributed by atoms with E-state index in [4.69, 9.17) is 20.8 Å². The molecular formula is C11H14ClNO3. The van der Waals surface area contributed by atoms with Crippen molar-refractivity contribution in [1.82, 2.24) is 4.90 Å². The number of rotatable bonds is 2. The van der Waals surface area contributed by atoms with Gasteiger partial charge >= 0.3 is 0 Å². The van der Waals surface area contributed by atoms with Gasteiger partial charge in [0.2, 0.25) is 0 Å². The predicted molar refractivity (Wildman–Crippen MR) is 59.7 cm³/mol. The highest BCUT2D eigenvalue weighted by molar-refractivity contribution is 6.18. The summed E-state index contributed by atoms with van der Waals surface area (Å²) in [6.07, 6.45) is 2.88. The molecule has 5 heteroatoms. The molecule has 1 aromatic rings. The van der Waals surface area contributed by atoms with Crippen molar-refractivity contribution in [3.63, 3.8) is 0 Å². The molecule has 0 spiro atoms. The fourth-order valence-electron chi connectivity index (χ4n) is 1.75. The molecule has 0 radical (unpaired) electrons. The van der Waals surface area contributed by atoms with Crippen LogP contribution < -0.4 is 0 Å². The van der Waals surface area contributed by atoms with E-state index in [1.54, 1.807) is 11.0 Å². The van der Waals surface area contributed by atoms with Crippen LogP contribution in [0.2, 0.25) is 0 Å². The van der Waals surface area contributed by atoms with E-state index in [2.05, 4.69) is 0 Å². The Balaban J connectivity index is 2.09. The van der Waals surface area contributed by atoms with E-state index in [0.717, 1.165) is 0 Å². The van der Waals surface area contributed by atoms with Crippen LogP contribution in [-0.2, 0) is 4.74 Å². The quantitative estimate of drug-likeness (QED) is 0.744. The Labute approximate surface area is 99.1 Å². The fraction of sp³-hybridized carbons (Fsp3) is 0.545. The minimum Gasteiger partial charge on any atom is -0.472 e. The first-order chi connectivity index (χ1) is 7.72. The summed E-state index contributed by atoms with van der Waals surface area (Å²) in [5, 5.41) is 0. The summed E-state index contributed by atoms with van der Waals surface area (Å²) in [7, 11) is 0. The zero-order chi connectivity index (χ0) is 11.5. The highest BCUT2D eigenvalue weighted by Crippen LogP contribution is 2.16. The lowest BCUT2D eigenvalue weighted by atomic mass is 10.1. The van der Waals surface area contributed by atoms with Crippen LogP contribution in [0.5, 0.6) is 0 Å². The monoisotopic (exact) mass is 243 g/mol. The van der Waals surface area contributed by atoms with Crippen LogP contribution >= 0.6 is 11.6 Å². The summed E-state index contributed by atoms with van der Waals surface area (Å²) >= 11 is 5.74. The molecule has 1 aliphatic heterocycles. The van der Waals surface area contributed by atoms with Crippen LogP contribution in [0.25, 0.3) is 0 Å². The van der Waals surface area contributed by atoms with E-state index in [1.807, 2.05) is 6.92 Å². The van der Waals surface area contributed by atoms with Crippen LogP contribution in [0.3, 0.4) is 0 Å². The van der Waals surface area contributed by atoms with Gasteiger partial charge in [-0.2, -0.15) is 0 Å². The van der Waals surface area contributed by atoms with Crippen molar-refractivity contribution >= 4 is 17.5 Å². The minimum absolute atomic E-state index is 0.0281. The Hall–Kier alpha value is -1.00. The van der Waals surface area contributed by atoms with Gasteiger partial charge in [0.15, 0.2) is 0 Å². The highest BCUT2D eigenvalue weighted by atomic mass is 35.5. The smallest absolute Gasteiger partial charge is 0.257 e. The van der Waals surface area contributed by atoms with Gasteiger partial charge in [0.25, 0.3) is 5.91 Å². The predicted octanol–water partition coefficient (Wildman–Crippen LogP) is 1.75. The van der Waals surface area contributed by atoms with Gasteiger partial charge in [-0.05, 0) is 13.0 Å². The van der Waals surface area contributed by atoms with Gasteiger partial charge in [0, 0.05) is 6.54 Å². The maximum Gasteiger partial charge on any atom is 0.257 e. The first kappa shape index (κ1) is 11.5. The largest absolute Gasteiger partial charge is 0.472 e. The molecule has 88 valence electrons. The summed E-state index contributed by atoms with van der Waals surface area (Å²) in [4.78, 5) is 13.9. The molecule has 1 amide bonds. The Morgan fingerprint density at radius 2 is 2.50 bits per heavy atom. The van der Waals surface area contributed by atoms with Crippen molar-refractivity contribution < 1.29 is 13.9 Å². The summed E-state index contributed by atoms with van der Waals surface area (Å²) in [6.45, 7) is 3.03. The number of hydrogen-bond acceptors (Lipinski definition) is 3. The number of halogens is 1. The average molecular weight is 244 g/mol. The van der Waals surface area contributed by atoms with E-state index in [9.17, 15) is 4.79 Å². The van der Waals surface area contributed by atoms with Gasteiger partial charge in [0.1, 0.15) is 6.26 Å². The minimum atomic E-state index is -0.0753. The van der Waals surface area contributed by atoms with Crippen LogP contribution in [-0.4, -0.2) is 42.0 Å². The lowest BCUT2D eigenvalue weighted by Gasteiger charge is -2.37. The third kappa shape index (κ3) is 2.23. The van der Waals surface area contributed by atoms with Crippen molar-refractivity contribution in [3.8, 4) is 0 Å². The standard InChI is InChI=1S/C11H14ClNO3/c1-8-6-16-10(4-12)5-13(8)11(14)9-2-3-15-7-9/h2-3,7-8,10H,4-6H2,1H3. The van der Waals surface area contributed by atoms with Gasteiger partial charge in [-0.15, -0.1) is 11.6 Å². The van der Waals surface area contributed by atoms with Gasteiger partial charge in [0.05, 0.1) is 36.5 Å². The highest BCUT2D eigenvalue weighted by Gasteiger charge is 2.30. The van der Waals surface area contributed by atoms with E-state index in [1.165, 1.54) is 12.5 Å². The molecular weight excluding hydrogens is 230 g/mol. The molecule has 2 heterocycles. The molecule has 2 rings (SSSR count). The topological polar surface area (TPSA) is 42.7 Å². The maximum absolute atomic E-state index is 12.1. The molecule has 0 aromatic carbocycles. The molecule has 1 fully saturated rings. The molecule has 2 atom stereocenters. The molecule has 0 bridgehead atoms. The molecule has 4 nitrogen and oxygen atoms in total. The molecule has 0 saturated carbocycles. The van der Waals surface area contributed by atoms with Crippen molar-refractivity contribution in [1.29, 1.82) is 0 Å². The zero-order valence-electron chi connectivity index (χ0n) is 9.06. The molecule has 0 N–H and O–H groups in total. The Bertz CT molecular complexity index is 352. The third-order valence-corrected chi connectivity index (χ3v) is 3.05. The second kappa shape index (κ2) is 4.89. The number of furan rings is 1. The van der Waals surface area contributed by atoms with E-state index in [0.29, 0.717) is 24.6 Å². The van der Waals surface area contributed by atoms with Crippen LogP contribution in [0, 0.1) is 0 Å². The van der Waals surface area contributed by atoms with Gasteiger partial charge in [-0.25, -0.2) is 0 Å². The molecule has 1 aliphatic rings. The first-order valence-corrected chi connectivity index (χ1v) is 5.76. The normalized spacial score (nSPS) is 25.8. The maximum atomic E-state index is 12.1. The number of hydrogen-bond donors (Lipinski definition) is 0. The molecule has 0 aliphatic carbocycles. The third-order valence-electron chi connectivity index (χ3n) is 2.71. The van der Waals surface area contributed by atoms with E-state index in [-0.39, 0.29) is 18.1 Å². The number of carbonyl (C=O) groups excluding carboxylic acids is 1. The van der Waals surface area contributed by atoms with Gasteiger partial charge in [-0.3, -0.25) is 4.79 Å². The number of morpholine rings is 1. The molecule has 1 saturated heterocycles. The number of alkyl halides is 1. The Morgan fingerprint density at radius 3 is 3.12 bits per heavy atom. The number of carbonyl (C=O) groups is 1. The summed E-state index contributed by atoms with van der Waals surface area (Å²) < 4.78 is 10.4.